The number of amides is 1. The summed E-state index contributed by atoms with van der Waals surface area (Å²) >= 11 is 13.3. The summed E-state index contributed by atoms with van der Waals surface area (Å²) in [6.45, 7) is 0. The van der Waals surface area contributed by atoms with Crippen LogP contribution in [-0.2, 0) is 0 Å². The summed E-state index contributed by atoms with van der Waals surface area (Å²) in [5.41, 5.74) is 0.965. The number of anilines is 1. The standard InChI is InChI=1S/C16H14ClIN2O3S/c1-22-10-4-6-13(14(8-10)23-2)19-16(24)20-15(21)11-7-9(18)3-5-12(11)17/h3-8H,1-2H3,(H2,19,20,21,24). The summed E-state index contributed by atoms with van der Waals surface area (Å²) in [5.74, 6) is 0.805. The summed E-state index contributed by atoms with van der Waals surface area (Å²) in [6.07, 6.45) is 0. The van der Waals surface area contributed by atoms with Gasteiger partial charge >= 0.3 is 0 Å². The molecule has 0 aliphatic heterocycles. The smallest absolute Gasteiger partial charge is 0.258 e. The number of rotatable bonds is 4. The van der Waals surface area contributed by atoms with E-state index in [1.54, 1.807) is 37.4 Å². The van der Waals surface area contributed by atoms with Crippen LogP contribution in [0.4, 0.5) is 5.69 Å². The van der Waals surface area contributed by atoms with Crippen LogP contribution in [0, 0.1) is 3.57 Å². The monoisotopic (exact) mass is 476 g/mol. The van der Waals surface area contributed by atoms with E-state index in [4.69, 9.17) is 33.3 Å². The van der Waals surface area contributed by atoms with Gasteiger partial charge < -0.3 is 14.8 Å². The summed E-state index contributed by atoms with van der Waals surface area (Å²) in [4.78, 5) is 12.3. The maximum absolute atomic E-state index is 12.3. The highest BCUT2D eigenvalue weighted by Crippen LogP contribution is 2.29. The van der Waals surface area contributed by atoms with E-state index in [1.807, 2.05) is 6.07 Å². The molecule has 24 heavy (non-hydrogen) atoms. The van der Waals surface area contributed by atoms with Gasteiger partial charge in [-0.1, -0.05) is 11.6 Å². The highest BCUT2D eigenvalue weighted by Gasteiger charge is 2.14. The average molecular weight is 477 g/mol. The SMILES string of the molecule is COc1ccc(NC(=S)NC(=O)c2cc(I)ccc2Cl)c(OC)c1. The van der Waals surface area contributed by atoms with Gasteiger partial charge in [-0.3, -0.25) is 10.1 Å². The predicted molar refractivity (Wildman–Crippen MR) is 107 cm³/mol. The molecule has 2 aromatic carbocycles. The average Bonchev–Trinajstić information content (AvgIpc) is 2.57. The van der Waals surface area contributed by atoms with Crippen LogP contribution in [0.2, 0.25) is 5.02 Å². The molecule has 0 aliphatic carbocycles. The van der Waals surface area contributed by atoms with E-state index >= 15 is 0 Å². The summed E-state index contributed by atoms with van der Waals surface area (Å²) in [7, 11) is 3.10. The molecule has 0 spiro atoms. The maximum Gasteiger partial charge on any atom is 0.258 e. The zero-order valence-electron chi connectivity index (χ0n) is 12.9. The molecule has 126 valence electrons. The van der Waals surface area contributed by atoms with Crippen LogP contribution in [-0.4, -0.2) is 25.2 Å². The van der Waals surface area contributed by atoms with E-state index in [1.165, 1.54) is 7.11 Å². The number of carbonyl (C=O) groups excluding carboxylic acids is 1. The molecule has 1 amide bonds. The number of hydrogen-bond acceptors (Lipinski definition) is 4. The van der Waals surface area contributed by atoms with Crippen LogP contribution in [0.1, 0.15) is 10.4 Å². The molecular weight excluding hydrogens is 463 g/mol. The number of hydrogen-bond donors (Lipinski definition) is 2. The Balaban J connectivity index is 2.10. The van der Waals surface area contributed by atoms with Crippen molar-refractivity contribution in [2.24, 2.45) is 0 Å². The van der Waals surface area contributed by atoms with Crippen molar-refractivity contribution in [3.8, 4) is 11.5 Å². The molecule has 0 radical (unpaired) electrons. The Morgan fingerprint density at radius 3 is 2.58 bits per heavy atom. The number of halogens is 2. The molecule has 0 saturated heterocycles. The molecule has 0 aliphatic rings. The molecule has 8 heteroatoms. The van der Waals surface area contributed by atoms with Crippen LogP contribution < -0.4 is 20.1 Å². The molecule has 0 atom stereocenters. The molecule has 0 saturated carbocycles. The number of nitrogens with one attached hydrogen (secondary N) is 2. The fraction of sp³-hybridized carbons (Fsp3) is 0.125. The third-order valence-electron chi connectivity index (χ3n) is 3.06. The number of methoxy groups -OCH3 is 2. The second kappa shape index (κ2) is 8.50. The van der Waals surface area contributed by atoms with Crippen molar-refractivity contribution >= 4 is 63.1 Å². The van der Waals surface area contributed by atoms with Gasteiger partial charge in [-0.25, -0.2) is 0 Å². The van der Waals surface area contributed by atoms with Crippen LogP contribution in [0.15, 0.2) is 36.4 Å². The van der Waals surface area contributed by atoms with Crippen molar-refractivity contribution in [3.63, 3.8) is 0 Å². The molecule has 0 aromatic heterocycles. The van der Waals surface area contributed by atoms with Gasteiger partial charge in [-0.15, -0.1) is 0 Å². The van der Waals surface area contributed by atoms with Crippen molar-refractivity contribution in [3.05, 3.63) is 50.6 Å². The second-order valence-corrected chi connectivity index (χ2v) is 6.66. The minimum atomic E-state index is -0.386. The van der Waals surface area contributed by atoms with Crippen molar-refractivity contribution in [1.82, 2.24) is 5.32 Å². The van der Waals surface area contributed by atoms with Crippen molar-refractivity contribution in [1.29, 1.82) is 0 Å². The normalized spacial score (nSPS) is 10.0. The number of benzene rings is 2. The summed E-state index contributed by atoms with van der Waals surface area (Å²) < 4.78 is 11.3. The number of thiocarbonyl (C=S) groups is 1. The molecule has 0 heterocycles. The third kappa shape index (κ3) is 4.71. The molecule has 0 bridgehead atoms. The lowest BCUT2D eigenvalue weighted by atomic mass is 10.2. The van der Waals surface area contributed by atoms with Gasteiger partial charge in [0.05, 0.1) is 30.5 Å². The fourth-order valence-electron chi connectivity index (χ4n) is 1.90. The largest absolute Gasteiger partial charge is 0.497 e. The van der Waals surface area contributed by atoms with Gasteiger partial charge in [-0.2, -0.15) is 0 Å². The Morgan fingerprint density at radius 1 is 1.17 bits per heavy atom. The lowest BCUT2D eigenvalue weighted by Gasteiger charge is -2.14. The number of ether oxygens (including phenoxy) is 2. The summed E-state index contributed by atoms with van der Waals surface area (Å²) in [5, 5.41) is 6.02. The first-order valence-corrected chi connectivity index (χ1v) is 8.60. The molecule has 2 aromatic rings. The highest BCUT2D eigenvalue weighted by molar-refractivity contribution is 14.1. The Morgan fingerprint density at radius 2 is 1.92 bits per heavy atom. The van der Waals surface area contributed by atoms with E-state index in [0.29, 0.717) is 27.8 Å². The molecule has 2 N–H and O–H groups in total. The van der Waals surface area contributed by atoms with Crippen LogP contribution in [0.5, 0.6) is 11.5 Å². The van der Waals surface area contributed by atoms with E-state index < -0.39 is 0 Å². The Labute approximate surface area is 163 Å². The Hall–Kier alpha value is -1.58. The van der Waals surface area contributed by atoms with Crippen LogP contribution >= 0.6 is 46.4 Å². The van der Waals surface area contributed by atoms with E-state index in [-0.39, 0.29) is 11.0 Å². The molecular formula is C16H14ClIN2O3S. The van der Waals surface area contributed by atoms with Crippen LogP contribution in [0.25, 0.3) is 0 Å². The first-order chi connectivity index (χ1) is 11.4. The number of carbonyl (C=O) groups is 1. The van der Waals surface area contributed by atoms with Crippen LogP contribution in [0.3, 0.4) is 0 Å². The fourth-order valence-corrected chi connectivity index (χ4v) is 2.79. The van der Waals surface area contributed by atoms with Gasteiger partial charge in [0.1, 0.15) is 11.5 Å². The summed E-state index contributed by atoms with van der Waals surface area (Å²) in [6, 6.07) is 10.4. The first kappa shape index (κ1) is 18.8. The van der Waals surface area contributed by atoms with E-state index in [0.717, 1.165) is 3.57 Å². The van der Waals surface area contributed by atoms with Gasteiger partial charge in [0.2, 0.25) is 0 Å². The van der Waals surface area contributed by atoms with E-state index in [2.05, 4.69) is 33.2 Å². The predicted octanol–water partition coefficient (Wildman–Crippen LogP) is 4.09. The zero-order valence-corrected chi connectivity index (χ0v) is 16.6. The van der Waals surface area contributed by atoms with Gasteiger partial charge in [0.15, 0.2) is 5.11 Å². The molecule has 5 nitrogen and oxygen atoms in total. The van der Waals surface area contributed by atoms with E-state index in [9.17, 15) is 4.79 Å². The van der Waals surface area contributed by atoms with Gasteiger partial charge in [0, 0.05) is 9.64 Å². The Kier molecular flexibility index (Phi) is 6.64. The molecule has 0 fully saturated rings. The third-order valence-corrected chi connectivity index (χ3v) is 4.26. The van der Waals surface area contributed by atoms with Crippen molar-refractivity contribution in [2.75, 3.05) is 19.5 Å². The topological polar surface area (TPSA) is 59.6 Å². The first-order valence-electron chi connectivity index (χ1n) is 6.74. The highest BCUT2D eigenvalue weighted by atomic mass is 127. The van der Waals surface area contributed by atoms with Crippen molar-refractivity contribution < 1.29 is 14.3 Å². The van der Waals surface area contributed by atoms with Crippen molar-refractivity contribution in [2.45, 2.75) is 0 Å². The quantitative estimate of drug-likeness (QED) is 0.514. The van der Waals surface area contributed by atoms with Gasteiger partial charge in [-0.05, 0) is 65.1 Å². The lowest BCUT2D eigenvalue weighted by Crippen LogP contribution is -2.34. The zero-order chi connectivity index (χ0) is 17.7. The lowest BCUT2D eigenvalue weighted by molar-refractivity contribution is 0.0978. The maximum atomic E-state index is 12.3. The van der Waals surface area contributed by atoms with Gasteiger partial charge in [0.25, 0.3) is 5.91 Å². The molecule has 2 rings (SSSR count). The minimum Gasteiger partial charge on any atom is -0.497 e. The minimum absolute atomic E-state index is 0.137. The second-order valence-electron chi connectivity index (χ2n) is 4.60. The molecule has 0 unspecified atom stereocenters. The Bertz CT molecular complexity index is 786.